The van der Waals surface area contributed by atoms with E-state index in [1.54, 1.807) is 13.8 Å². The van der Waals surface area contributed by atoms with Crippen molar-refractivity contribution in [3.05, 3.63) is 35.4 Å². The highest BCUT2D eigenvalue weighted by molar-refractivity contribution is 6.06. The molecule has 8 nitrogen and oxygen atoms in total. The third kappa shape index (κ3) is 5.83. The van der Waals surface area contributed by atoms with Gasteiger partial charge in [-0.1, -0.05) is 24.3 Å². The van der Waals surface area contributed by atoms with E-state index in [0.29, 0.717) is 5.56 Å². The fraction of sp³-hybridized carbons (Fsp3) is 0.565. The van der Waals surface area contributed by atoms with Crippen LogP contribution in [0.2, 0.25) is 0 Å². The topological polar surface area (TPSA) is 105 Å². The first-order chi connectivity index (χ1) is 15.9. The second kappa shape index (κ2) is 11.5. The van der Waals surface area contributed by atoms with Crippen molar-refractivity contribution in [3.63, 3.8) is 0 Å². The van der Waals surface area contributed by atoms with Crippen molar-refractivity contribution >= 4 is 23.9 Å². The number of benzene rings is 1. The highest BCUT2D eigenvalue weighted by atomic mass is 16.6. The Morgan fingerprint density at radius 3 is 1.48 bits per heavy atom. The summed E-state index contributed by atoms with van der Waals surface area (Å²) in [5.74, 6) is -4.06. The minimum Gasteiger partial charge on any atom is -0.465 e. The van der Waals surface area contributed by atoms with E-state index in [1.165, 1.54) is 45.0 Å². The fourth-order valence-electron chi connectivity index (χ4n) is 2.89. The molecule has 0 spiro atoms. The highest BCUT2D eigenvalue weighted by Crippen LogP contribution is 2.31. The van der Waals surface area contributed by atoms with Crippen LogP contribution < -0.4 is 0 Å². The lowest BCUT2D eigenvalue weighted by atomic mass is 9.80. The first kappa shape index (κ1) is 21.3. The third-order valence-corrected chi connectivity index (χ3v) is 4.56. The SMILES string of the molecule is [2H]C([2H])([2H])C(C(=O)OCC)(C(=O)OCC)c1ccc(CC(C)(C(=O)OCC)C(=O)OCC)cc1. The van der Waals surface area contributed by atoms with Gasteiger partial charge in [-0.3, -0.25) is 19.2 Å². The predicted octanol–water partition coefficient (Wildman–Crippen LogP) is 2.75. The predicted molar refractivity (Wildman–Crippen MR) is 112 cm³/mol. The van der Waals surface area contributed by atoms with E-state index in [-0.39, 0.29) is 38.4 Å². The van der Waals surface area contributed by atoms with Crippen LogP contribution in [0.3, 0.4) is 0 Å². The molecule has 0 atom stereocenters. The Kier molecular flexibility index (Phi) is 7.90. The molecule has 0 heterocycles. The maximum atomic E-state index is 12.9. The Morgan fingerprint density at radius 1 is 0.742 bits per heavy atom. The summed E-state index contributed by atoms with van der Waals surface area (Å²) in [6.45, 7) is 4.29. The van der Waals surface area contributed by atoms with Crippen LogP contribution >= 0.6 is 0 Å². The van der Waals surface area contributed by atoms with Gasteiger partial charge in [0.2, 0.25) is 0 Å². The van der Waals surface area contributed by atoms with Crippen LogP contribution in [0.4, 0.5) is 0 Å². The Hall–Kier alpha value is -2.90. The zero-order chi connectivity index (χ0) is 26.2. The molecule has 0 bridgehead atoms. The van der Waals surface area contributed by atoms with Crippen LogP contribution in [0.5, 0.6) is 0 Å². The number of ether oxygens (including phenoxy) is 4. The smallest absolute Gasteiger partial charge is 0.327 e. The monoisotopic (exact) mass is 439 g/mol. The Balaban J connectivity index is 3.56. The third-order valence-electron chi connectivity index (χ3n) is 4.56. The Labute approximate surface area is 187 Å². The molecule has 0 aromatic heterocycles. The largest absolute Gasteiger partial charge is 0.465 e. The summed E-state index contributed by atoms with van der Waals surface area (Å²) in [6, 6.07) is 5.38. The molecule has 0 unspecified atom stereocenters. The Bertz CT molecular complexity index is 841. The first-order valence-electron chi connectivity index (χ1n) is 11.6. The molecule has 8 heteroatoms. The van der Waals surface area contributed by atoms with Crippen molar-refractivity contribution < 1.29 is 42.2 Å². The molecular formula is C23H32O8. The van der Waals surface area contributed by atoms with Crippen molar-refractivity contribution in [1.82, 2.24) is 0 Å². The van der Waals surface area contributed by atoms with Crippen LogP contribution in [0.15, 0.2) is 24.3 Å². The second-order valence-corrected chi connectivity index (χ2v) is 6.84. The van der Waals surface area contributed by atoms with E-state index in [1.807, 2.05) is 0 Å². The van der Waals surface area contributed by atoms with Gasteiger partial charge in [0.1, 0.15) is 0 Å². The number of hydrogen-bond acceptors (Lipinski definition) is 8. The number of carbonyl (C=O) groups excluding carboxylic acids is 4. The molecule has 0 radical (unpaired) electrons. The normalized spacial score (nSPS) is 13.3. The molecule has 0 aliphatic rings. The number of carbonyl (C=O) groups is 4. The molecular weight excluding hydrogens is 404 g/mol. The summed E-state index contributed by atoms with van der Waals surface area (Å²) in [5, 5.41) is 0. The highest BCUT2D eigenvalue weighted by Gasteiger charge is 2.47. The van der Waals surface area contributed by atoms with Crippen LogP contribution in [-0.4, -0.2) is 50.3 Å². The maximum Gasteiger partial charge on any atom is 0.327 e. The van der Waals surface area contributed by atoms with Crippen LogP contribution in [0, 0.1) is 5.41 Å². The molecule has 0 amide bonds. The standard InChI is InChI=1S/C23H32O8/c1-7-28-18(24)22(5,19(25)29-8-2)15-16-11-13-17(14-12-16)23(6,20(26)30-9-3)21(27)31-10-4/h11-14H,7-10,15H2,1-6H3/i6D3. The summed E-state index contributed by atoms with van der Waals surface area (Å²) in [7, 11) is 0. The van der Waals surface area contributed by atoms with E-state index in [4.69, 9.17) is 23.1 Å². The quantitative estimate of drug-likeness (QED) is 0.294. The average Bonchev–Trinajstić information content (AvgIpc) is 2.75. The summed E-state index contributed by atoms with van der Waals surface area (Å²) in [6.07, 6.45) is -0.121. The van der Waals surface area contributed by atoms with Gasteiger partial charge in [-0.15, -0.1) is 0 Å². The van der Waals surface area contributed by atoms with Gasteiger partial charge < -0.3 is 18.9 Å². The molecule has 0 aliphatic heterocycles. The van der Waals surface area contributed by atoms with Gasteiger partial charge in [0.15, 0.2) is 10.8 Å². The molecule has 172 valence electrons. The minimum absolute atomic E-state index is 0.0624. The maximum absolute atomic E-state index is 12.9. The molecule has 0 N–H and O–H groups in total. The molecule has 0 fully saturated rings. The summed E-state index contributed by atoms with van der Waals surface area (Å²) < 4.78 is 44.0. The van der Waals surface area contributed by atoms with Crippen molar-refractivity contribution in [2.24, 2.45) is 5.41 Å². The molecule has 0 saturated heterocycles. The average molecular weight is 440 g/mol. The van der Waals surface area contributed by atoms with Crippen molar-refractivity contribution in [3.8, 4) is 0 Å². The summed E-state index contributed by atoms with van der Waals surface area (Å²) >= 11 is 0. The van der Waals surface area contributed by atoms with Crippen molar-refractivity contribution in [1.29, 1.82) is 0 Å². The minimum atomic E-state index is -3.13. The Morgan fingerprint density at radius 2 is 1.13 bits per heavy atom. The van der Waals surface area contributed by atoms with Gasteiger partial charge in [0.05, 0.1) is 26.4 Å². The summed E-state index contributed by atoms with van der Waals surface area (Å²) in [5.41, 5.74) is -4.08. The van der Waals surface area contributed by atoms with Gasteiger partial charge in [-0.2, -0.15) is 0 Å². The zero-order valence-corrected chi connectivity index (χ0v) is 18.6. The molecule has 0 aliphatic carbocycles. The zero-order valence-electron chi connectivity index (χ0n) is 21.6. The van der Waals surface area contributed by atoms with Crippen LogP contribution in [-0.2, 0) is 50.0 Å². The first-order valence-corrected chi connectivity index (χ1v) is 10.1. The molecule has 1 aromatic carbocycles. The van der Waals surface area contributed by atoms with Gasteiger partial charge >= 0.3 is 23.9 Å². The number of esters is 4. The van der Waals surface area contributed by atoms with E-state index >= 15 is 0 Å². The lowest BCUT2D eigenvalue weighted by Crippen LogP contribution is -2.43. The van der Waals surface area contributed by atoms with Crippen molar-refractivity contribution in [2.75, 3.05) is 26.4 Å². The van der Waals surface area contributed by atoms with Crippen LogP contribution in [0.25, 0.3) is 0 Å². The van der Waals surface area contributed by atoms with Crippen molar-refractivity contribution in [2.45, 2.75) is 53.3 Å². The van der Waals surface area contributed by atoms with E-state index in [2.05, 4.69) is 0 Å². The van der Waals surface area contributed by atoms with Gasteiger partial charge in [-0.25, -0.2) is 0 Å². The van der Waals surface area contributed by atoms with E-state index < -0.39 is 41.6 Å². The summed E-state index contributed by atoms with van der Waals surface area (Å²) in [4.78, 5) is 50.8. The lowest BCUT2D eigenvalue weighted by Gasteiger charge is -2.27. The number of rotatable bonds is 11. The van der Waals surface area contributed by atoms with Gasteiger partial charge in [0, 0.05) is 4.11 Å². The molecule has 0 saturated carbocycles. The van der Waals surface area contributed by atoms with Gasteiger partial charge in [0.25, 0.3) is 0 Å². The fourth-order valence-corrected chi connectivity index (χ4v) is 2.89. The van der Waals surface area contributed by atoms with Crippen LogP contribution in [0.1, 0.15) is 56.7 Å². The van der Waals surface area contributed by atoms with E-state index in [9.17, 15) is 19.2 Å². The second-order valence-electron chi connectivity index (χ2n) is 6.84. The molecule has 1 rings (SSSR count). The van der Waals surface area contributed by atoms with Gasteiger partial charge in [-0.05, 0) is 59.0 Å². The number of hydrogen-bond donors (Lipinski definition) is 0. The van der Waals surface area contributed by atoms with E-state index in [0.717, 1.165) is 0 Å². The molecule has 31 heavy (non-hydrogen) atoms. The molecule has 1 aromatic rings. The lowest BCUT2D eigenvalue weighted by molar-refractivity contribution is -0.171.